The lowest BCUT2D eigenvalue weighted by molar-refractivity contribution is 0.0952. The van der Waals surface area contributed by atoms with Crippen molar-refractivity contribution < 1.29 is 9.53 Å². The number of H-pyrrole nitrogens is 1. The van der Waals surface area contributed by atoms with Gasteiger partial charge in [-0.3, -0.25) is 4.79 Å². The number of halogens is 1. The number of hydrazone groups is 1. The number of fused-ring (bicyclic) bond motifs is 1. The molecule has 3 rings (SSSR count). The molecule has 23 heavy (non-hydrogen) atoms. The van der Waals surface area contributed by atoms with Crippen molar-refractivity contribution in [2.75, 3.05) is 7.11 Å². The Morgan fingerprint density at radius 2 is 2.13 bits per heavy atom. The molecule has 0 fully saturated rings. The molecule has 0 aliphatic rings. The number of carbonyl (C=O) groups excluding carboxylic acids is 1. The lowest BCUT2D eigenvalue weighted by Crippen LogP contribution is -2.18. The predicted octanol–water partition coefficient (Wildman–Crippen LogP) is 3.70. The van der Waals surface area contributed by atoms with Gasteiger partial charge in [-0.25, -0.2) is 5.43 Å². The monoisotopic (exact) mass is 371 g/mol. The van der Waals surface area contributed by atoms with Crippen LogP contribution in [0.1, 0.15) is 15.9 Å². The van der Waals surface area contributed by atoms with Crippen molar-refractivity contribution in [2.45, 2.75) is 0 Å². The number of rotatable bonds is 4. The summed E-state index contributed by atoms with van der Waals surface area (Å²) in [6, 6.07) is 13.1. The van der Waals surface area contributed by atoms with E-state index in [1.54, 1.807) is 18.3 Å². The summed E-state index contributed by atoms with van der Waals surface area (Å²) in [7, 11) is 1.52. The first-order valence-corrected chi connectivity index (χ1v) is 7.71. The second kappa shape index (κ2) is 6.66. The number of ether oxygens (including phenoxy) is 1. The van der Waals surface area contributed by atoms with Gasteiger partial charge in [-0.1, -0.05) is 34.1 Å². The second-order valence-corrected chi connectivity index (χ2v) is 5.75. The van der Waals surface area contributed by atoms with Gasteiger partial charge in [0, 0.05) is 27.1 Å². The number of benzene rings is 2. The van der Waals surface area contributed by atoms with Crippen molar-refractivity contribution in [3.63, 3.8) is 0 Å². The van der Waals surface area contributed by atoms with E-state index in [2.05, 4.69) is 31.4 Å². The van der Waals surface area contributed by atoms with Gasteiger partial charge in [-0.15, -0.1) is 0 Å². The quantitative estimate of drug-likeness (QED) is 0.542. The van der Waals surface area contributed by atoms with Crippen LogP contribution in [0, 0.1) is 0 Å². The fourth-order valence-corrected chi connectivity index (χ4v) is 2.64. The van der Waals surface area contributed by atoms with Crippen LogP contribution >= 0.6 is 15.9 Å². The van der Waals surface area contributed by atoms with E-state index in [9.17, 15) is 4.79 Å². The normalized spacial score (nSPS) is 11.0. The molecule has 1 amide bonds. The number of aromatic amines is 1. The van der Waals surface area contributed by atoms with Gasteiger partial charge in [0.2, 0.25) is 0 Å². The summed E-state index contributed by atoms with van der Waals surface area (Å²) in [4.78, 5) is 15.4. The molecule has 0 spiro atoms. The number of para-hydroxylation sites is 1. The average Bonchev–Trinajstić information content (AvgIpc) is 2.98. The lowest BCUT2D eigenvalue weighted by Gasteiger charge is -2.07. The zero-order valence-electron chi connectivity index (χ0n) is 12.3. The average molecular weight is 372 g/mol. The van der Waals surface area contributed by atoms with Gasteiger partial charge in [-0.05, 0) is 24.3 Å². The molecule has 5 nitrogen and oxygen atoms in total. The van der Waals surface area contributed by atoms with Crippen LogP contribution in [0.5, 0.6) is 5.75 Å². The molecule has 1 heterocycles. The Bertz CT molecular complexity index is 886. The van der Waals surface area contributed by atoms with Gasteiger partial charge >= 0.3 is 0 Å². The number of amides is 1. The van der Waals surface area contributed by atoms with Crippen LogP contribution in [0.25, 0.3) is 10.9 Å². The van der Waals surface area contributed by atoms with Crippen molar-refractivity contribution in [1.82, 2.24) is 10.4 Å². The van der Waals surface area contributed by atoms with Crippen LogP contribution in [0.2, 0.25) is 0 Å². The molecule has 0 aliphatic carbocycles. The molecule has 0 radical (unpaired) electrons. The molecule has 0 atom stereocenters. The molecule has 0 bridgehead atoms. The van der Waals surface area contributed by atoms with E-state index in [0.717, 1.165) is 20.9 Å². The zero-order chi connectivity index (χ0) is 16.2. The second-order valence-electron chi connectivity index (χ2n) is 4.83. The highest BCUT2D eigenvalue weighted by molar-refractivity contribution is 9.10. The first-order chi connectivity index (χ1) is 11.2. The first-order valence-electron chi connectivity index (χ1n) is 6.92. The van der Waals surface area contributed by atoms with Crippen LogP contribution in [0.3, 0.4) is 0 Å². The Balaban J connectivity index is 1.78. The largest absolute Gasteiger partial charge is 0.496 e. The summed E-state index contributed by atoms with van der Waals surface area (Å²) in [5, 5.41) is 5.08. The Labute approximate surface area is 141 Å². The minimum atomic E-state index is -0.334. The fourth-order valence-electron chi connectivity index (χ4n) is 2.28. The molecule has 0 saturated heterocycles. The van der Waals surface area contributed by atoms with E-state index in [-0.39, 0.29) is 5.91 Å². The molecule has 3 aromatic rings. The molecule has 1 aromatic heterocycles. The van der Waals surface area contributed by atoms with E-state index in [4.69, 9.17) is 4.74 Å². The SMILES string of the molecule is COc1ccc(Br)cc1C(=O)N/N=C\c1c[nH]c2ccccc12. The van der Waals surface area contributed by atoms with Crippen molar-refractivity contribution in [3.05, 3.63) is 64.3 Å². The Morgan fingerprint density at radius 1 is 1.30 bits per heavy atom. The summed E-state index contributed by atoms with van der Waals surface area (Å²) < 4.78 is 5.99. The summed E-state index contributed by atoms with van der Waals surface area (Å²) in [5.41, 5.74) is 4.86. The van der Waals surface area contributed by atoms with Gasteiger partial charge in [0.05, 0.1) is 18.9 Å². The summed E-state index contributed by atoms with van der Waals surface area (Å²) in [6.07, 6.45) is 3.46. The summed E-state index contributed by atoms with van der Waals surface area (Å²) >= 11 is 3.34. The van der Waals surface area contributed by atoms with Crippen LogP contribution in [0.15, 0.2) is 58.2 Å². The smallest absolute Gasteiger partial charge is 0.275 e. The number of nitrogens with one attached hydrogen (secondary N) is 2. The maximum Gasteiger partial charge on any atom is 0.275 e. The Kier molecular flexibility index (Phi) is 4.43. The zero-order valence-corrected chi connectivity index (χ0v) is 13.9. The molecule has 116 valence electrons. The molecular formula is C17H14BrN3O2. The van der Waals surface area contributed by atoms with Gasteiger partial charge in [0.1, 0.15) is 5.75 Å². The molecule has 0 unspecified atom stereocenters. The highest BCUT2D eigenvalue weighted by Gasteiger charge is 2.12. The highest BCUT2D eigenvalue weighted by atomic mass is 79.9. The van der Waals surface area contributed by atoms with Crippen LogP contribution < -0.4 is 10.2 Å². The number of aromatic nitrogens is 1. The molecule has 2 N–H and O–H groups in total. The Morgan fingerprint density at radius 3 is 2.96 bits per heavy atom. The van der Waals surface area contributed by atoms with Gasteiger partial charge in [0.25, 0.3) is 5.91 Å². The number of methoxy groups -OCH3 is 1. The third kappa shape index (κ3) is 3.27. The molecule has 0 aliphatic heterocycles. The minimum Gasteiger partial charge on any atom is -0.496 e. The number of hydrogen-bond donors (Lipinski definition) is 2. The van der Waals surface area contributed by atoms with Crippen molar-refractivity contribution in [1.29, 1.82) is 0 Å². The van der Waals surface area contributed by atoms with E-state index in [0.29, 0.717) is 11.3 Å². The molecule has 0 saturated carbocycles. The lowest BCUT2D eigenvalue weighted by atomic mass is 10.2. The summed E-state index contributed by atoms with van der Waals surface area (Å²) in [6.45, 7) is 0. The number of hydrogen-bond acceptors (Lipinski definition) is 3. The first kappa shape index (κ1) is 15.3. The van der Waals surface area contributed by atoms with Crippen molar-refractivity contribution in [3.8, 4) is 5.75 Å². The van der Waals surface area contributed by atoms with Crippen LogP contribution in [-0.4, -0.2) is 24.2 Å². The van der Waals surface area contributed by atoms with Crippen molar-refractivity contribution >= 4 is 39.0 Å². The molecular weight excluding hydrogens is 358 g/mol. The van der Waals surface area contributed by atoms with E-state index < -0.39 is 0 Å². The Hall–Kier alpha value is -2.60. The topological polar surface area (TPSA) is 66.5 Å². The van der Waals surface area contributed by atoms with E-state index in [1.807, 2.05) is 36.5 Å². The highest BCUT2D eigenvalue weighted by Crippen LogP contribution is 2.22. The third-order valence-electron chi connectivity index (χ3n) is 3.40. The number of nitrogens with zero attached hydrogens (tertiary/aromatic N) is 1. The van der Waals surface area contributed by atoms with E-state index >= 15 is 0 Å². The van der Waals surface area contributed by atoms with E-state index in [1.165, 1.54) is 7.11 Å². The maximum absolute atomic E-state index is 12.2. The van der Waals surface area contributed by atoms with Crippen LogP contribution in [-0.2, 0) is 0 Å². The fraction of sp³-hybridized carbons (Fsp3) is 0.0588. The number of carbonyl (C=O) groups is 1. The van der Waals surface area contributed by atoms with Gasteiger partial charge in [-0.2, -0.15) is 5.10 Å². The van der Waals surface area contributed by atoms with Crippen molar-refractivity contribution in [2.24, 2.45) is 5.10 Å². The molecule has 6 heteroatoms. The minimum absolute atomic E-state index is 0.334. The third-order valence-corrected chi connectivity index (χ3v) is 3.89. The van der Waals surface area contributed by atoms with Gasteiger partial charge in [0.15, 0.2) is 0 Å². The summed E-state index contributed by atoms with van der Waals surface area (Å²) in [5.74, 6) is 0.159. The van der Waals surface area contributed by atoms with Crippen LogP contribution in [0.4, 0.5) is 0 Å². The molecule has 2 aromatic carbocycles. The van der Waals surface area contributed by atoms with Gasteiger partial charge < -0.3 is 9.72 Å². The predicted molar refractivity (Wildman–Crippen MR) is 94.1 cm³/mol. The maximum atomic E-state index is 12.2. The standard InChI is InChI=1S/C17H14BrN3O2/c1-23-16-7-6-12(18)8-14(16)17(22)21-20-10-11-9-19-15-5-3-2-4-13(11)15/h2-10,19H,1H3,(H,21,22)/b20-10-.